The fraction of sp³-hybridized carbons (Fsp3) is 0.259. The van der Waals surface area contributed by atoms with E-state index < -0.39 is 12.0 Å². The molecule has 0 unspecified atom stereocenters. The molecule has 0 aliphatic carbocycles. The zero-order valence-corrected chi connectivity index (χ0v) is 20.6. The number of hydrogen-bond acceptors (Lipinski definition) is 5. The molecule has 0 bridgehead atoms. The topological polar surface area (TPSA) is 77.1 Å². The van der Waals surface area contributed by atoms with E-state index in [0.29, 0.717) is 47.3 Å². The highest BCUT2D eigenvalue weighted by atomic mass is 35.5. The molecule has 0 aromatic heterocycles. The number of nitrogens with one attached hydrogen (secondary N) is 1. The number of halogens is 1. The normalized spacial score (nSPS) is 14.6. The second-order valence-electron chi connectivity index (χ2n) is 8.00. The van der Waals surface area contributed by atoms with E-state index in [4.69, 9.17) is 25.8 Å². The van der Waals surface area contributed by atoms with E-state index in [1.165, 1.54) is 0 Å². The van der Waals surface area contributed by atoms with E-state index in [1.807, 2.05) is 36.4 Å². The third kappa shape index (κ3) is 5.05. The van der Waals surface area contributed by atoms with Gasteiger partial charge < -0.3 is 24.4 Å². The second kappa shape index (κ2) is 10.7. The van der Waals surface area contributed by atoms with Gasteiger partial charge in [-0.2, -0.15) is 0 Å². The number of carbonyl (C=O) groups excluding carboxylic acids is 2. The number of carbonyl (C=O) groups is 2. The van der Waals surface area contributed by atoms with Crippen LogP contribution in [0.5, 0.6) is 11.5 Å². The van der Waals surface area contributed by atoms with Crippen LogP contribution in [0.25, 0.3) is 0 Å². The minimum Gasteiger partial charge on any atom is -0.493 e. The quantitative estimate of drug-likeness (QED) is 0.444. The van der Waals surface area contributed by atoms with Gasteiger partial charge in [0.05, 0.1) is 32.4 Å². The highest BCUT2D eigenvalue weighted by molar-refractivity contribution is 6.31. The summed E-state index contributed by atoms with van der Waals surface area (Å²) in [6, 6.07) is 17.3. The first-order chi connectivity index (χ1) is 17.0. The van der Waals surface area contributed by atoms with E-state index in [0.717, 1.165) is 16.7 Å². The predicted molar refractivity (Wildman–Crippen MR) is 135 cm³/mol. The van der Waals surface area contributed by atoms with Gasteiger partial charge in [0, 0.05) is 17.3 Å². The summed E-state index contributed by atoms with van der Waals surface area (Å²) < 4.78 is 16.0. The number of ether oxygens (including phenoxy) is 3. The van der Waals surface area contributed by atoms with Crippen LogP contribution in [-0.4, -0.2) is 44.3 Å². The first-order valence-corrected chi connectivity index (χ1v) is 11.7. The Kier molecular flexibility index (Phi) is 7.46. The molecule has 7 nitrogen and oxygen atoms in total. The zero-order chi connectivity index (χ0) is 24.9. The molecule has 4 rings (SSSR count). The summed E-state index contributed by atoms with van der Waals surface area (Å²) in [5.74, 6) is 0.824. The highest BCUT2D eigenvalue weighted by Gasteiger charge is 2.34. The molecule has 2 amide bonds. The van der Waals surface area contributed by atoms with Gasteiger partial charge >= 0.3 is 12.0 Å². The Balaban J connectivity index is 1.68. The summed E-state index contributed by atoms with van der Waals surface area (Å²) >= 11 is 6.60. The van der Waals surface area contributed by atoms with Gasteiger partial charge in [-0.15, -0.1) is 0 Å². The molecule has 3 aromatic rings. The fourth-order valence-corrected chi connectivity index (χ4v) is 4.54. The van der Waals surface area contributed by atoms with Crippen LogP contribution < -0.4 is 14.8 Å². The fourth-order valence-electron chi connectivity index (χ4n) is 4.30. The van der Waals surface area contributed by atoms with Crippen LogP contribution in [-0.2, 0) is 11.2 Å². The molecule has 1 aliphatic rings. The van der Waals surface area contributed by atoms with Crippen molar-refractivity contribution in [3.8, 4) is 11.5 Å². The number of benzene rings is 3. The molecule has 0 radical (unpaired) electrons. The summed E-state index contributed by atoms with van der Waals surface area (Å²) in [7, 11) is 3.19. The number of amides is 2. The van der Waals surface area contributed by atoms with Crippen molar-refractivity contribution in [1.82, 2.24) is 4.90 Å². The summed E-state index contributed by atoms with van der Waals surface area (Å²) in [5, 5.41) is 3.51. The van der Waals surface area contributed by atoms with Crippen LogP contribution in [0.4, 0.5) is 10.5 Å². The maximum absolute atomic E-state index is 13.5. The van der Waals surface area contributed by atoms with E-state index >= 15 is 0 Å². The lowest BCUT2D eigenvalue weighted by atomic mass is 9.87. The van der Waals surface area contributed by atoms with Gasteiger partial charge in [0.15, 0.2) is 11.5 Å². The van der Waals surface area contributed by atoms with Crippen molar-refractivity contribution < 1.29 is 23.8 Å². The maximum atomic E-state index is 13.5. The Morgan fingerprint density at radius 2 is 1.69 bits per heavy atom. The third-order valence-electron chi connectivity index (χ3n) is 5.98. The smallest absolute Gasteiger partial charge is 0.338 e. The Morgan fingerprint density at radius 1 is 1.00 bits per heavy atom. The van der Waals surface area contributed by atoms with Crippen molar-refractivity contribution >= 4 is 29.3 Å². The second-order valence-corrected chi connectivity index (χ2v) is 8.41. The zero-order valence-electron chi connectivity index (χ0n) is 19.8. The lowest BCUT2D eigenvalue weighted by Crippen LogP contribution is -2.43. The molecule has 0 fully saturated rings. The number of esters is 1. The van der Waals surface area contributed by atoms with Crippen molar-refractivity contribution in [2.45, 2.75) is 19.4 Å². The molecule has 35 heavy (non-hydrogen) atoms. The molecule has 0 spiro atoms. The van der Waals surface area contributed by atoms with Crippen molar-refractivity contribution in [2.75, 3.05) is 32.7 Å². The maximum Gasteiger partial charge on any atom is 0.338 e. The van der Waals surface area contributed by atoms with Gasteiger partial charge in [0.1, 0.15) is 0 Å². The predicted octanol–water partition coefficient (Wildman–Crippen LogP) is 5.71. The largest absolute Gasteiger partial charge is 0.493 e. The van der Waals surface area contributed by atoms with Crippen LogP contribution in [0.2, 0.25) is 5.02 Å². The van der Waals surface area contributed by atoms with Crippen molar-refractivity contribution in [3.63, 3.8) is 0 Å². The first kappa shape index (κ1) is 24.4. The average Bonchev–Trinajstić information content (AvgIpc) is 2.88. The van der Waals surface area contributed by atoms with Crippen LogP contribution in [0.1, 0.15) is 40.0 Å². The highest BCUT2D eigenvalue weighted by Crippen LogP contribution is 2.42. The van der Waals surface area contributed by atoms with Gasteiger partial charge in [-0.25, -0.2) is 9.59 Å². The molecule has 8 heteroatoms. The Bertz CT molecular complexity index is 1230. The summed E-state index contributed by atoms with van der Waals surface area (Å²) in [5.41, 5.74) is 3.80. The van der Waals surface area contributed by atoms with Crippen LogP contribution in [0.15, 0.2) is 60.7 Å². The third-order valence-corrected chi connectivity index (χ3v) is 6.33. The molecular formula is C27H27ClN2O5. The van der Waals surface area contributed by atoms with Crippen molar-refractivity contribution in [1.29, 1.82) is 0 Å². The monoisotopic (exact) mass is 494 g/mol. The van der Waals surface area contributed by atoms with Crippen LogP contribution in [0, 0.1) is 0 Å². The summed E-state index contributed by atoms with van der Waals surface area (Å²) in [6.45, 7) is 2.53. The number of rotatable bonds is 6. The summed E-state index contributed by atoms with van der Waals surface area (Å²) in [6.07, 6.45) is 0.645. The number of methoxy groups -OCH3 is 2. The number of nitrogens with zero attached hydrogens (tertiary/aromatic N) is 1. The van der Waals surface area contributed by atoms with Crippen LogP contribution >= 0.6 is 11.6 Å². The minimum absolute atomic E-state index is 0.278. The molecule has 1 aliphatic heterocycles. The van der Waals surface area contributed by atoms with E-state index in [9.17, 15) is 9.59 Å². The van der Waals surface area contributed by atoms with Gasteiger partial charge in [-0.1, -0.05) is 29.8 Å². The molecule has 3 aromatic carbocycles. The van der Waals surface area contributed by atoms with Gasteiger partial charge in [-0.05, 0) is 72.5 Å². The number of anilines is 1. The van der Waals surface area contributed by atoms with Crippen molar-refractivity contribution in [2.24, 2.45) is 0 Å². The number of hydrogen-bond donors (Lipinski definition) is 1. The standard InChI is InChI=1S/C27H27ClN2O5/c1-4-35-26(31)17-9-11-19(12-10-17)29-27(32)30-14-13-18-15-23(33-2)24(34-3)16-21(18)25(30)20-7-5-6-8-22(20)28/h5-12,15-16,25H,4,13-14H2,1-3H3,(H,29,32)/t25-/m0/s1. The lowest BCUT2D eigenvalue weighted by molar-refractivity contribution is 0.0526. The molecule has 1 atom stereocenters. The van der Waals surface area contributed by atoms with Gasteiger partial charge in [-0.3, -0.25) is 0 Å². The summed E-state index contributed by atoms with van der Waals surface area (Å²) in [4.78, 5) is 27.2. The Labute approximate surface area is 209 Å². The van der Waals surface area contributed by atoms with E-state index in [1.54, 1.807) is 50.3 Å². The minimum atomic E-state index is -0.425. The number of fused-ring (bicyclic) bond motifs is 1. The molecule has 182 valence electrons. The Morgan fingerprint density at radius 3 is 2.34 bits per heavy atom. The van der Waals surface area contributed by atoms with E-state index in [-0.39, 0.29) is 6.03 Å². The average molecular weight is 495 g/mol. The molecule has 1 N–H and O–H groups in total. The molecular weight excluding hydrogens is 468 g/mol. The molecule has 1 heterocycles. The van der Waals surface area contributed by atoms with E-state index in [2.05, 4.69) is 5.32 Å². The lowest BCUT2D eigenvalue weighted by Gasteiger charge is -2.38. The molecule has 0 saturated carbocycles. The van der Waals surface area contributed by atoms with Gasteiger partial charge in [0.25, 0.3) is 0 Å². The van der Waals surface area contributed by atoms with Gasteiger partial charge in [0.2, 0.25) is 0 Å². The first-order valence-electron chi connectivity index (χ1n) is 11.3. The number of urea groups is 1. The van der Waals surface area contributed by atoms with Crippen LogP contribution in [0.3, 0.4) is 0 Å². The Hall–Kier alpha value is -3.71. The molecule has 0 saturated heterocycles. The van der Waals surface area contributed by atoms with Crippen molar-refractivity contribution in [3.05, 3.63) is 87.9 Å². The SMILES string of the molecule is CCOC(=O)c1ccc(NC(=O)N2CCc3cc(OC)c(OC)cc3[C@@H]2c2ccccc2Cl)cc1.